The highest BCUT2D eigenvalue weighted by atomic mass is 32.2. The van der Waals surface area contributed by atoms with Gasteiger partial charge in [0.2, 0.25) is 11.8 Å². The molecule has 3 aromatic carbocycles. The van der Waals surface area contributed by atoms with Crippen molar-refractivity contribution in [3.63, 3.8) is 0 Å². The molecule has 2 fully saturated rings. The van der Waals surface area contributed by atoms with Gasteiger partial charge in [0, 0.05) is 12.3 Å². The van der Waals surface area contributed by atoms with Gasteiger partial charge in [0.25, 0.3) is 0 Å². The predicted octanol–water partition coefficient (Wildman–Crippen LogP) is 3.92. The molecule has 0 bridgehead atoms. The number of hydrogen-bond donors (Lipinski definition) is 2. The number of nitrogens with zero attached hydrogens (tertiary/aromatic N) is 1. The number of β-lactam (4-membered cyclic amide) rings is 1. The minimum atomic E-state index is -2.03. The van der Waals surface area contributed by atoms with Crippen LogP contribution in [0.1, 0.15) is 49.5 Å². The van der Waals surface area contributed by atoms with Crippen molar-refractivity contribution in [2.75, 3.05) is 12.3 Å². The van der Waals surface area contributed by atoms with E-state index in [1.165, 1.54) is 4.90 Å². The van der Waals surface area contributed by atoms with Gasteiger partial charge >= 0.3 is 17.9 Å². The van der Waals surface area contributed by atoms with E-state index in [1.807, 2.05) is 12.1 Å². The van der Waals surface area contributed by atoms with Crippen LogP contribution in [0.15, 0.2) is 91.0 Å². The highest BCUT2D eigenvalue weighted by molar-refractivity contribution is 8.00. The van der Waals surface area contributed by atoms with E-state index in [2.05, 4.69) is 5.32 Å². The fourth-order valence-corrected chi connectivity index (χ4v) is 6.88. The molecule has 5 rings (SSSR count). The molecule has 11 heteroatoms. The van der Waals surface area contributed by atoms with Crippen molar-refractivity contribution in [3.05, 3.63) is 108 Å². The van der Waals surface area contributed by atoms with Gasteiger partial charge < -0.3 is 24.8 Å². The molecule has 0 spiro atoms. The van der Waals surface area contributed by atoms with E-state index < -0.39 is 70.7 Å². The van der Waals surface area contributed by atoms with Gasteiger partial charge in [-0.25, -0.2) is 0 Å². The number of aliphatic carboxylic acids is 1. The second-order valence-corrected chi connectivity index (χ2v) is 13.1. The number of benzene rings is 3. The van der Waals surface area contributed by atoms with Crippen molar-refractivity contribution in [1.29, 1.82) is 0 Å². The molecular formula is C34H34N2O8S. The van der Waals surface area contributed by atoms with Crippen molar-refractivity contribution < 1.29 is 38.6 Å². The molecule has 3 aromatic rings. The standard InChI is InChI=1S/C34H34N2O8S/c1-33(2,3)44-30(39)24(21-13-7-4-8-14-21)27(37)35-25-28(38)36-19-34(31(40)41,20-45-29(25)36)32(42)43-26(22-15-9-5-10-16-22)23-17-11-6-12-18-23/h4-18,24-26,29H,19-20H2,1-3H3,(H,35,37)(H,40,41)/t24?,25?,29-,34?/m1/s1. The molecule has 2 aliphatic rings. The summed E-state index contributed by atoms with van der Waals surface area (Å²) in [6, 6.07) is 25.4. The summed E-state index contributed by atoms with van der Waals surface area (Å²) in [5, 5.41) is 12.4. The lowest BCUT2D eigenvalue weighted by molar-refractivity contribution is -0.176. The zero-order valence-corrected chi connectivity index (χ0v) is 25.9. The lowest BCUT2D eigenvalue weighted by atomic mass is 9.86. The first-order valence-electron chi connectivity index (χ1n) is 14.5. The van der Waals surface area contributed by atoms with E-state index in [9.17, 15) is 29.1 Å². The van der Waals surface area contributed by atoms with Crippen LogP contribution < -0.4 is 5.32 Å². The molecule has 2 aliphatic heterocycles. The predicted molar refractivity (Wildman–Crippen MR) is 166 cm³/mol. The maximum Gasteiger partial charge on any atom is 0.327 e. The van der Waals surface area contributed by atoms with E-state index in [1.54, 1.807) is 99.6 Å². The zero-order valence-electron chi connectivity index (χ0n) is 25.0. The lowest BCUT2D eigenvalue weighted by Gasteiger charge is -2.53. The van der Waals surface area contributed by atoms with E-state index in [4.69, 9.17) is 9.47 Å². The molecule has 45 heavy (non-hydrogen) atoms. The molecule has 2 heterocycles. The SMILES string of the molecule is CC(C)(C)OC(=O)C(C(=O)NC1C(=O)N2CC(C(=O)O)(C(=O)OC(c3ccccc3)c3ccccc3)CS[C@H]12)c1ccccc1. The summed E-state index contributed by atoms with van der Waals surface area (Å²) in [7, 11) is 0. The topological polar surface area (TPSA) is 139 Å². The van der Waals surface area contributed by atoms with Crippen LogP contribution in [0.4, 0.5) is 0 Å². The number of nitrogens with one attached hydrogen (secondary N) is 1. The summed E-state index contributed by atoms with van der Waals surface area (Å²) in [5.41, 5.74) is -1.14. The molecule has 2 saturated heterocycles. The molecule has 0 saturated carbocycles. The number of amides is 2. The van der Waals surface area contributed by atoms with E-state index in [0.717, 1.165) is 11.8 Å². The van der Waals surface area contributed by atoms with Crippen molar-refractivity contribution in [1.82, 2.24) is 10.2 Å². The Balaban J connectivity index is 1.33. The number of ether oxygens (including phenoxy) is 2. The van der Waals surface area contributed by atoms with Crippen molar-refractivity contribution in [3.8, 4) is 0 Å². The number of carboxylic acid groups (broad SMARTS) is 1. The third kappa shape index (κ3) is 6.58. The maximum absolute atomic E-state index is 13.7. The average molecular weight is 631 g/mol. The fourth-order valence-electron chi connectivity index (χ4n) is 5.36. The van der Waals surface area contributed by atoms with Crippen LogP contribution in [-0.2, 0) is 33.4 Å². The zero-order chi connectivity index (χ0) is 32.4. The summed E-state index contributed by atoms with van der Waals surface area (Å²) in [6.07, 6.45) is -0.860. The molecule has 0 aliphatic carbocycles. The Kier molecular flexibility index (Phi) is 9.01. The van der Waals surface area contributed by atoms with Crippen LogP contribution in [0.3, 0.4) is 0 Å². The molecule has 2 amide bonds. The third-order valence-electron chi connectivity index (χ3n) is 7.65. The Morgan fingerprint density at radius 1 is 0.889 bits per heavy atom. The maximum atomic E-state index is 13.7. The normalized spacial score (nSPS) is 21.6. The van der Waals surface area contributed by atoms with Crippen LogP contribution in [-0.4, -0.2) is 69.0 Å². The number of carboxylic acids is 1. The number of hydrogen-bond acceptors (Lipinski definition) is 8. The number of fused-ring (bicyclic) bond motifs is 1. The van der Waals surface area contributed by atoms with Crippen molar-refractivity contribution in [2.45, 2.75) is 49.8 Å². The summed E-state index contributed by atoms with van der Waals surface area (Å²) < 4.78 is 11.4. The second-order valence-electron chi connectivity index (χ2n) is 12.0. The molecule has 4 atom stereocenters. The fraction of sp³-hybridized carbons (Fsp3) is 0.324. The first kappa shape index (κ1) is 31.8. The Bertz CT molecular complexity index is 1540. The highest BCUT2D eigenvalue weighted by Crippen LogP contribution is 2.44. The van der Waals surface area contributed by atoms with Gasteiger partial charge in [-0.1, -0.05) is 91.0 Å². The molecule has 234 valence electrons. The smallest absolute Gasteiger partial charge is 0.327 e. The molecule has 3 unspecified atom stereocenters. The average Bonchev–Trinajstić information content (AvgIpc) is 3.02. The summed E-state index contributed by atoms with van der Waals surface area (Å²) in [4.78, 5) is 67.5. The Labute approximate surface area is 265 Å². The van der Waals surface area contributed by atoms with Gasteiger partial charge in [0.05, 0.1) is 0 Å². The van der Waals surface area contributed by atoms with Gasteiger partial charge in [0.15, 0.2) is 17.4 Å². The van der Waals surface area contributed by atoms with Gasteiger partial charge in [0.1, 0.15) is 17.0 Å². The molecular weight excluding hydrogens is 596 g/mol. The third-order valence-corrected chi connectivity index (χ3v) is 9.17. The largest absolute Gasteiger partial charge is 0.480 e. The summed E-state index contributed by atoms with van der Waals surface area (Å²) in [5.74, 6) is -5.91. The minimum Gasteiger partial charge on any atom is -0.480 e. The molecule has 2 N–H and O–H groups in total. The highest BCUT2D eigenvalue weighted by Gasteiger charge is 2.61. The quantitative estimate of drug-likeness (QED) is 0.205. The number of rotatable bonds is 9. The lowest BCUT2D eigenvalue weighted by Crippen LogP contribution is -2.74. The van der Waals surface area contributed by atoms with E-state index in [0.29, 0.717) is 16.7 Å². The van der Waals surface area contributed by atoms with Crippen LogP contribution in [0.5, 0.6) is 0 Å². The Hall–Kier alpha value is -4.64. The minimum absolute atomic E-state index is 0.188. The van der Waals surface area contributed by atoms with Crippen LogP contribution >= 0.6 is 11.8 Å². The van der Waals surface area contributed by atoms with Crippen LogP contribution in [0, 0.1) is 5.41 Å². The van der Waals surface area contributed by atoms with Gasteiger partial charge in [-0.05, 0) is 37.5 Å². The first-order chi connectivity index (χ1) is 21.4. The molecule has 0 radical (unpaired) electrons. The number of carbonyl (C=O) groups excluding carboxylic acids is 4. The Morgan fingerprint density at radius 2 is 1.40 bits per heavy atom. The second kappa shape index (κ2) is 12.8. The van der Waals surface area contributed by atoms with E-state index >= 15 is 0 Å². The molecule has 0 aromatic heterocycles. The summed E-state index contributed by atoms with van der Waals surface area (Å²) >= 11 is 1.07. The Morgan fingerprint density at radius 3 is 1.89 bits per heavy atom. The first-order valence-corrected chi connectivity index (χ1v) is 15.5. The van der Waals surface area contributed by atoms with Crippen molar-refractivity contribution in [2.24, 2.45) is 5.41 Å². The van der Waals surface area contributed by atoms with E-state index in [-0.39, 0.29) is 5.75 Å². The number of carbonyl (C=O) groups is 5. The monoisotopic (exact) mass is 630 g/mol. The van der Waals surface area contributed by atoms with Gasteiger partial charge in [-0.2, -0.15) is 0 Å². The van der Waals surface area contributed by atoms with Crippen LogP contribution in [0.2, 0.25) is 0 Å². The van der Waals surface area contributed by atoms with Gasteiger partial charge in [-0.3, -0.25) is 24.0 Å². The summed E-state index contributed by atoms with van der Waals surface area (Å²) in [6.45, 7) is 4.66. The van der Waals surface area contributed by atoms with Gasteiger partial charge in [-0.15, -0.1) is 11.8 Å². The van der Waals surface area contributed by atoms with Crippen LogP contribution in [0.25, 0.3) is 0 Å². The number of esters is 2. The molecule has 10 nitrogen and oxygen atoms in total. The number of thioether (sulfide) groups is 1. The van der Waals surface area contributed by atoms with Crippen molar-refractivity contribution >= 4 is 41.5 Å².